The van der Waals surface area contributed by atoms with Crippen molar-refractivity contribution in [1.82, 2.24) is 25.0 Å². The maximum atomic E-state index is 11.6. The zero-order valence-corrected chi connectivity index (χ0v) is 11.9. The minimum atomic E-state index is -0.190. The standard InChI is InChI=1S/C8H9IN6OS/c1-2-6-12-13-8(17-6)11-5(16)3-15-4-10-7(9)14-15/h4H,2-3H2,1H3,(H,11,13,16). The molecular formula is C8H9IN6OS. The first-order valence-corrected chi connectivity index (χ1v) is 6.74. The molecule has 0 aliphatic carbocycles. The summed E-state index contributed by atoms with van der Waals surface area (Å²) in [6.45, 7) is 2.11. The lowest BCUT2D eigenvalue weighted by Crippen LogP contribution is -2.19. The molecule has 2 rings (SSSR count). The summed E-state index contributed by atoms with van der Waals surface area (Å²) in [7, 11) is 0. The number of halogens is 1. The van der Waals surface area contributed by atoms with E-state index in [1.54, 1.807) is 0 Å². The molecule has 0 unspecified atom stereocenters. The van der Waals surface area contributed by atoms with Crippen LogP contribution < -0.4 is 5.32 Å². The second-order valence-electron chi connectivity index (χ2n) is 3.11. The Labute approximate surface area is 115 Å². The zero-order chi connectivity index (χ0) is 12.3. The van der Waals surface area contributed by atoms with E-state index in [2.05, 4.69) is 25.6 Å². The van der Waals surface area contributed by atoms with Crippen LogP contribution in [0, 0.1) is 3.83 Å². The van der Waals surface area contributed by atoms with Crippen molar-refractivity contribution in [2.45, 2.75) is 19.9 Å². The van der Waals surface area contributed by atoms with Crippen molar-refractivity contribution in [2.24, 2.45) is 0 Å². The van der Waals surface area contributed by atoms with E-state index in [4.69, 9.17) is 0 Å². The molecule has 2 aromatic rings. The number of hydrogen-bond donors (Lipinski definition) is 1. The number of anilines is 1. The van der Waals surface area contributed by atoms with Crippen LogP contribution in [-0.2, 0) is 17.8 Å². The highest BCUT2D eigenvalue weighted by Gasteiger charge is 2.08. The number of carbonyl (C=O) groups is 1. The number of hydrogen-bond acceptors (Lipinski definition) is 6. The Hall–Kier alpha value is -1.10. The van der Waals surface area contributed by atoms with Crippen molar-refractivity contribution in [3.63, 3.8) is 0 Å². The summed E-state index contributed by atoms with van der Waals surface area (Å²) >= 11 is 3.36. The minimum Gasteiger partial charge on any atom is -0.299 e. The first-order valence-electron chi connectivity index (χ1n) is 4.84. The summed E-state index contributed by atoms with van der Waals surface area (Å²) in [5.74, 6) is -0.190. The topological polar surface area (TPSA) is 85.6 Å². The quantitative estimate of drug-likeness (QED) is 0.816. The first kappa shape index (κ1) is 12.4. The highest BCUT2D eigenvalue weighted by molar-refractivity contribution is 14.1. The Bertz CT molecular complexity index is 524. The van der Waals surface area contributed by atoms with Crippen LogP contribution in [-0.4, -0.2) is 30.9 Å². The normalized spacial score (nSPS) is 10.5. The van der Waals surface area contributed by atoms with Crippen LogP contribution in [0.3, 0.4) is 0 Å². The molecule has 90 valence electrons. The molecule has 0 radical (unpaired) electrons. The summed E-state index contributed by atoms with van der Waals surface area (Å²) in [5.41, 5.74) is 0. The van der Waals surface area contributed by atoms with Crippen molar-refractivity contribution in [3.05, 3.63) is 15.2 Å². The van der Waals surface area contributed by atoms with Crippen molar-refractivity contribution >= 4 is 45.0 Å². The summed E-state index contributed by atoms with van der Waals surface area (Å²) in [5, 5.41) is 15.9. The predicted octanol–water partition coefficient (Wildman–Crippen LogP) is 0.935. The number of rotatable bonds is 4. The van der Waals surface area contributed by atoms with Gasteiger partial charge in [-0.15, -0.1) is 15.3 Å². The highest BCUT2D eigenvalue weighted by atomic mass is 127. The highest BCUT2D eigenvalue weighted by Crippen LogP contribution is 2.15. The molecule has 0 aliphatic rings. The zero-order valence-electron chi connectivity index (χ0n) is 8.92. The first-order chi connectivity index (χ1) is 8.17. The van der Waals surface area contributed by atoms with Gasteiger partial charge in [-0.3, -0.25) is 10.1 Å². The van der Waals surface area contributed by atoms with Crippen molar-refractivity contribution < 1.29 is 4.79 Å². The molecule has 0 fully saturated rings. The van der Waals surface area contributed by atoms with E-state index in [-0.39, 0.29) is 12.5 Å². The van der Waals surface area contributed by atoms with Crippen LogP contribution >= 0.6 is 33.9 Å². The van der Waals surface area contributed by atoms with Crippen molar-refractivity contribution in [2.75, 3.05) is 5.32 Å². The van der Waals surface area contributed by atoms with Crippen molar-refractivity contribution in [3.8, 4) is 0 Å². The fraction of sp³-hybridized carbons (Fsp3) is 0.375. The van der Waals surface area contributed by atoms with Crippen LogP contribution in [0.5, 0.6) is 0 Å². The number of aromatic nitrogens is 5. The van der Waals surface area contributed by atoms with Crippen LogP contribution in [0.25, 0.3) is 0 Å². The molecule has 2 heterocycles. The summed E-state index contributed by atoms with van der Waals surface area (Å²) in [6, 6.07) is 0. The fourth-order valence-electron chi connectivity index (χ4n) is 1.10. The minimum absolute atomic E-state index is 0.122. The lowest BCUT2D eigenvalue weighted by Gasteiger charge is -1.99. The van der Waals surface area contributed by atoms with Gasteiger partial charge < -0.3 is 0 Å². The average molecular weight is 364 g/mol. The average Bonchev–Trinajstić information content (AvgIpc) is 2.88. The molecule has 2 aromatic heterocycles. The predicted molar refractivity (Wildman–Crippen MR) is 70.7 cm³/mol. The van der Waals surface area contributed by atoms with E-state index in [1.807, 2.05) is 29.5 Å². The van der Waals surface area contributed by atoms with Gasteiger partial charge in [0.25, 0.3) is 0 Å². The van der Waals surface area contributed by atoms with Gasteiger partial charge in [-0.2, -0.15) is 0 Å². The number of amides is 1. The largest absolute Gasteiger partial charge is 0.299 e. The van der Waals surface area contributed by atoms with Gasteiger partial charge in [-0.1, -0.05) is 18.3 Å². The van der Waals surface area contributed by atoms with E-state index >= 15 is 0 Å². The number of nitrogens with one attached hydrogen (secondary N) is 1. The fourth-order valence-corrected chi connectivity index (χ4v) is 2.20. The van der Waals surface area contributed by atoms with E-state index < -0.39 is 0 Å². The van der Waals surface area contributed by atoms with E-state index in [9.17, 15) is 4.79 Å². The molecule has 17 heavy (non-hydrogen) atoms. The lowest BCUT2D eigenvalue weighted by atomic mass is 10.5. The molecule has 0 spiro atoms. The van der Waals surface area contributed by atoms with Gasteiger partial charge in [0, 0.05) is 22.6 Å². The number of nitrogens with zero attached hydrogens (tertiary/aromatic N) is 5. The molecule has 9 heteroatoms. The third-order valence-electron chi connectivity index (χ3n) is 1.83. The Balaban J connectivity index is 1.93. The molecule has 7 nitrogen and oxygen atoms in total. The van der Waals surface area contributed by atoms with Crippen LogP contribution in [0.2, 0.25) is 0 Å². The molecular weight excluding hydrogens is 355 g/mol. The third kappa shape index (κ3) is 3.43. The molecule has 1 N–H and O–H groups in total. The second-order valence-corrected chi connectivity index (χ2v) is 5.14. The molecule has 1 amide bonds. The Morgan fingerprint density at radius 3 is 3.00 bits per heavy atom. The van der Waals surface area contributed by atoms with E-state index in [0.29, 0.717) is 8.96 Å². The van der Waals surface area contributed by atoms with Crippen LogP contribution in [0.15, 0.2) is 6.33 Å². The van der Waals surface area contributed by atoms with E-state index in [1.165, 1.54) is 22.3 Å². The second kappa shape index (κ2) is 5.49. The number of carbonyl (C=O) groups excluding carboxylic acids is 1. The maximum Gasteiger partial charge on any atom is 0.248 e. The Morgan fingerprint density at radius 2 is 2.41 bits per heavy atom. The molecule has 0 bridgehead atoms. The van der Waals surface area contributed by atoms with Gasteiger partial charge in [-0.25, -0.2) is 9.67 Å². The molecule has 0 atom stereocenters. The molecule has 0 saturated carbocycles. The van der Waals surface area contributed by atoms with Gasteiger partial charge in [0.05, 0.1) is 0 Å². The lowest BCUT2D eigenvalue weighted by molar-refractivity contribution is -0.116. The Kier molecular flexibility index (Phi) is 3.99. The smallest absolute Gasteiger partial charge is 0.248 e. The van der Waals surface area contributed by atoms with Gasteiger partial charge in [0.15, 0.2) is 0 Å². The Morgan fingerprint density at radius 1 is 1.59 bits per heavy atom. The van der Waals surface area contributed by atoms with E-state index in [0.717, 1.165) is 11.4 Å². The third-order valence-corrected chi connectivity index (χ3v) is 3.31. The van der Waals surface area contributed by atoms with Gasteiger partial charge in [0.2, 0.25) is 14.9 Å². The van der Waals surface area contributed by atoms with Gasteiger partial charge >= 0.3 is 0 Å². The van der Waals surface area contributed by atoms with Crippen LogP contribution in [0.1, 0.15) is 11.9 Å². The SMILES string of the molecule is CCc1nnc(NC(=O)Cn2cnc(I)n2)s1. The van der Waals surface area contributed by atoms with Gasteiger partial charge in [-0.05, 0) is 6.42 Å². The summed E-state index contributed by atoms with van der Waals surface area (Å²) < 4.78 is 2.08. The van der Waals surface area contributed by atoms with Crippen LogP contribution in [0.4, 0.5) is 5.13 Å². The number of aryl methyl sites for hydroxylation is 1. The van der Waals surface area contributed by atoms with Gasteiger partial charge in [0.1, 0.15) is 17.9 Å². The summed E-state index contributed by atoms with van der Waals surface area (Å²) in [6.07, 6.45) is 2.33. The summed E-state index contributed by atoms with van der Waals surface area (Å²) in [4.78, 5) is 15.6. The maximum absolute atomic E-state index is 11.6. The monoisotopic (exact) mass is 364 g/mol. The molecule has 0 saturated heterocycles. The molecule has 0 aromatic carbocycles. The van der Waals surface area contributed by atoms with Crippen molar-refractivity contribution in [1.29, 1.82) is 0 Å². The molecule has 0 aliphatic heterocycles.